The first-order chi connectivity index (χ1) is 12.0. The van der Waals surface area contributed by atoms with Crippen molar-refractivity contribution in [1.29, 1.82) is 0 Å². The third-order valence-electron chi connectivity index (χ3n) is 3.32. The van der Waals surface area contributed by atoms with Crippen molar-refractivity contribution in [3.8, 4) is 5.69 Å². The van der Waals surface area contributed by atoms with Crippen LogP contribution in [0.2, 0.25) is 5.02 Å². The van der Waals surface area contributed by atoms with E-state index >= 15 is 0 Å². The van der Waals surface area contributed by atoms with Gasteiger partial charge in [0.25, 0.3) is 0 Å². The van der Waals surface area contributed by atoms with E-state index in [0.29, 0.717) is 16.0 Å². The third-order valence-corrected chi connectivity index (χ3v) is 4.57. The number of thioether (sulfide) groups is 1. The van der Waals surface area contributed by atoms with Crippen LogP contribution < -0.4 is 5.32 Å². The number of carbonyl (C=O) groups is 1. The second-order valence-corrected chi connectivity index (χ2v) is 7.07. The Morgan fingerprint density at radius 3 is 2.88 bits per heavy atom. The zero-order valence-corrected chi connectivity index (χ0v) is 15.1. The number of pyridine rings is 1. The number of nitrogens with one attached hydrogen (secondary N) is 1. The molecule has 0 bridgehead atoms. The Morgan fingerprint density at radius 2 is 2.16 bits per heavy atom. The number of tetrazole rings is 1. The molecule has 1 N–H and O–H groups in total. The van der Waals surface area contributed by atoms with Gasteiger partial charge in [0, 0.05) is 6.20 Å². The van der Waals surface area contributed by atoms with E-state index in [-0.39, 0.29) is 5.91 Å². The highest BCUT2D eigenvalue weighted by Crippen LogP contribution is 2.24. The lowest BCUT2D eigenvalue weighted by molar-refractivity contribution is -0.115. The highest BCUT2D eigenvalue weighted by atomic mass is 35.5. The standard InChI is InChI=1S/C16H15ClN6OS/c1-10-4-3-5-13(8-10)23-16(20-21-22-23)25-11(2)15(24)19-14-7-6-12(17)9-18-14/h3-9,11H,1-2H3,(H,18,19,24). The summed E-state index contributed by atoms with van der Waals surface area (Å²) in [5.74, 6) is 0.249. The molecule has 1 atom stereocenters. The number of amides is 1. The summed E-state index contributed by atoms with van der Waals surface area (Å²) < 4.78 is 1.61. The normalized spacial score (nSPS) is 12.0. The minimum atomic E-state index is -0.410. The van der Waals surface area contributed by atoms with Crippen molar-refractivity contribution in [2.24, 2.45) is 0 Å². The topological polar surface area (TPSA) is 85.6 Å². The minimum Gasteiger partial charge on any atom is -0.310 e. The molecule has 0 aliphatic rings. The summed E-state index contributed by atoms with van der Waals surface area (Å²) >= 11 is 7.06. The molecule has 25 heavy (non-hydrogen) atoms. The molecular formula is C16H15ClN6OS. The van der Waals surface area contributed by atoms with Gasteiger partial charge < -0.3 is 5.32 Å². The van der Waals surface area contributed by atoms with Gasteiger partial charge in [0.2, 0.25) is 11.1 Å². The molecule has 3 aromatic rings. The molecule has 0 fully saturated rings. The molecule has 0 aliphatic heterocycles. The van der Waals surface area contributed by atoms with E-state index in [1.807, 2.05) is 31.2 Å². The van der Waals surface area contributed by atoms with Gasteiger partial charge in [-0.25, -0.2) is 4.98 Å². The highest BCUT2D eigenvalue weighted by molar-refractivity contribution is 8.00. The van der Waals surface area contributed by atoms with E-state index in [1.165, 1.54) is 18.0 Å². The van der Waals surface area contributed by atoms with Crippen molar-refractivity contribution in [3.63, 3.8) is 0 Å². The number of halogens is 1. The number of aryl methyl sites for hydroxylation is 1. The molecule has 2 heterocycles. The molecule has 1 aromatic carbocycles. The number of anilines is 1. The summed E-state index contributed by atoms with van der Waals surface area (Å²) in [5, 5.41) is 15.1. The first-order valence-corrected chi connectivity index (χ1v) is 8.73. The Morgan fingerprint density at radius 1 is 1.32 bits per heavy atom. The van der Waals surface area contributed by atoms with E-state index in [2.05, 4.69) is 25.8 Å². The van der Waals surface area contributed by atoms with Crippen LogP contribution in [-0.4, -0.2) is 36.3 Å². The number of benzene rings is 1. The maximum Gasteiger partial charge on any atom is 0.238 e. The van der Waals surface area contributed by atoms with Crippen LogP contribution in [0.3, 0.4) is 0 Å². The van der Waals surface area contributed by atoms with Crippen LogP contribution in [0.5, 0.6) is 0 Å². The molecule has 128 valence electrons. The van der Waals surface area contributed by atoms with Gasteiger partial charge in [-0.2, -0.15) is 4.68 Å². The Balaban J connectivity index is 1.71. The zero-order chi connectivity index (χ0) is 17.8. The lowest BCUT2D eigenvalue weighted by Gasteiger charge is -2.11. The summed E-state index contributed by atoms with van der Waals surface area (Å²) in [6.45, 7) is 3.78. The maximum atomic E-state index is 12.3. The molecule has 2 aromatic heterocycles. The Labute approximate surface area is 153 Å². The summed E-state index contributed by atoms with van der Waals surface area (Å²) in [4.78, 5) is 16.4. The smallest absolute Gasteiger partial charge is 0.238 e. The highest BCUT2D eigenvalue weighted by Gasteiger charge is 2.19. The fourth-order valence-corrected chi connectivity index (χ4v) is 2.98. The van der Waals surface area contributed by atoms with Gasteiger partial charge in [0.15, 0.2) is 0 Å². The van der Waals surface area contributed by atoms with E-state index < -0.39 is 5.25 Å². The van der Waals surface area contributed by atoms with Crippen molar-refractivity contribution in [2.75, 3.05) is 5.32 Å². The summed E-state index contributed by atoms with van der Waals surface area (Å²) in [7, 11) is 0. The van der Waals surface area contributed by atoms with Gasteiger partial charge in [-0.1, -0.05) is 35.5 Å². The first-order valence-electron chi connectivity index (χ1n) is 7.47. The largest absolute Gasteiger partial charge is 0.310 e. The van der Waals surface area contributed by atoms with E-state index in [9.17, 15) is 4.79 Å². The van der Waals surface area contributed by atoms with E-state index in [0.717, 1.165) is 11.3 Å². The van der Waals surface area contributed by atoms with Crippen molar-refractivity contribution in [1.82, 2.24) is 25.2 Å². The van der Waals surface area contributed by atoms with Crippen LogP contribution in [0.25, 0.3) is 5.69 Å². The van der Waals surface area contributed by atoms with Crippen molar-refractivity contribution in [3.05, 3.63) is 53.2 Å². The third kappa shape index (κ3) is 4.34. The van der Waals surface area contributed by atoms with Crippen molar-refractivity contribution < 1.29 is 4.79 Å². The van der Waals surface area contributed by atoms with E-state index in [4.69, 9.17) is 11.6 Å². The maximum absolute atomic E-state index is 12.3. The fourth-order valence-electron chi connectivity index (χ4n) is 2.06. The molecule has 0 radical (unpaired) electrons. The van der Waals surface area contributed by atoms with Gasteiger partial charge in [0.05, 0.1) is 16.0 Å². The predicted molar refractivity (Wildman–Crippen MR) is 97.1 cm³/mol. The van der Waals surface area contributed by atoms with Crippen LogP contribution in [0.1, 0.15) is 12.5 Å². The first kappa shape index (κ1) is 17.4. The van der Waals surface area contributed by atoms with Crippen LogP contribution in [0.15, 0.2) is 47.8 Å². The lowest BCUT2D eigenvalue weighted by Crippen LogP contribution is -2.23. The Hall–Kier alpha value is -2.45. The average molecular weight is 375 g/mol. The SMILES string of the molecule is Cc1cccc(-n2nnnc2SC(C)C(=O)Nc2ccc(Cl)cn2)c1. The lowest BCUT2D eigenvalue weighted by atomic mass is 10.2. The molecule has 0 saturated carbocycles. The number of hydrogen-bond acceptors (Lipinski definition) is 6. The molecule has 1 amide bonds. The van der Waals surface area contributed by atoms with Gasteiger partial charge in [-0.05, 0) is 54.1 Å². The van der Waals surface area contributed by atoms with Crippen LogP contribution in [0, 0.1) is 6.92 Å². The molecule has 9 heteroatoms. The Bertz CT molecular complexity index is 882. The van der Waals surface area contributed by atoms with Crippen LogP contribution in [0.4, 0.5) is 5.82 Å². The van der Waals surface area contributed by atoms with Crippen molar-refractivity contribution in [2.45, 2.75) is 24.3 Å². The summed E-state index contributed by atoms with van der Waals surface area (Å²) in [6.07, 6.45) is 1.48. The summed E-state index contributed by atoms with van der Waals surface area (Å²) in [5.41, 5.74) is 1.95. The number of aromatic nitrogens is 5. The number of hydrogen-bond donors (Lipinski definition) is 1. The molecule has 0 aliphatic carbocycles. The molecule has 1 unspecified atom stereocenters. The predicted octanol–water partition coefficient (Wildman–Crippen LogP) is 3.14. The minimum absolute atomic E-state index is 0.196. The van der Waals surface area contributed by atoms with Crippen molar-refractivity contribution >= 4 is 35.1 Å². The van der Waals surface area contributed by atoms with Crippen LogP contribution in [-0.2, 0) is 4.79 Å². The van der Waals surface area contributed by atoms with Gasteiger partial charge in [0.1, 0.15) is 5.82 Å². The average Bonchev–Trinajstić information content (AvgIpc) is 3.05. The number of nitrogens with zero attached hydrogens (tertiary/aromatic N) is 5. The second kappa shape index (κ2) is 7.62. The Kier molecular flexibility index (Phi) is 5.30. The van der Waals surface area contributed by atoms with Crippen LogP contribution >= 0.6 is 23.4 Å². The quantitative estimate of drug-likeness (QED) is 0.690. The number of carbonyl (C=O) groups excluding carboxylic acids is 1. The molecule has 7 nitrogen and oxygen atoms in total. The van der Waals surface area contributed by atoms with Gasteiger partial charge >= 0.3 is 0 Å². The molecule has 3 rings (SSSR count). The fraction of sp³-hybridized carbons (Fsp3) is 0.188. The number of rotatable bonds is 5. The van der Waals surface area contributed by atoms with E-state index in [1.54, 1.807) is 23.7 Å². The molecule has 0 spiro atoms. The second-order valence-electron chi connectivity index (χ2n) is 5.32. The monoisotopic (exact) mass is 374 g/mol. The zero-order valence-electron chi connectivity index (χ0n) is 13.5. The molecule has 0 saturated heterocycles. The summed E-state index contributed by atoms with van der Waals surface area (Å²) in [6, 6.07) is 11.1. The molecular weight excluding hydrogens is 360 g/mol. The van der Waals surface area contributed by atoms with Gasteiger partial charge in [-0.3, -0.25) is 4.79 Å². The van der Waals surface area contributed by atoms with Gasteiger partial charge in [-0.15, -0.1) is 5.10 Å².